The normalized spacial score (nSPS) is 14.2. The molecule has 0 atom stereocenters. The molecule has 0 radical (unpaired) electrons. The minimum atomic E-state index is 0.316. The number of aromatic nitrogens is 2. The van der Waals surface area contributed by atoms with Crippen molar-refractivity contribution in [2.24, 2.45) is 11.1 Å². The number of hydrogen-bond donors (Lipinski definition) is 2. The molecule has 1 aliphatic carbocycles. The lowest BCUT2D eigenvalue weighted by molar-refractivity contribution is 0.338. The Morgan fingerprint density at radius 3 is 2.47 bits per heavy atom. The Bertz CT molecular complexity index is 872. The number of rotatable bonds is 9. The average molecular weight is 409 g/mol. The summed E-state index contributed by atoms with van der Waals surface area (Å²) in [6.07, 6.45) is 8.25. The van der Waals surface area contributed by atoms with Gasteiger partial charge in [0.1, 0.15) is 0 Å². The zero-order chi connectivity index (χ0) is 21.5. The summed E-state index contributed by atoms with van der Waals surface area (Å²) in [5, 5.41) is 9.46. The molecule has 1 fully saturated rings. The van der Waals surface area contributed by atoms with E-state index in [1.165, 1.54) is 32.1 Å². The minimum Gasteiger partial charge on any atom is -0.378 e. The maximum Gasteiger partial charge on any atom is 0.229 e. The zero-order valence-electron chi connectivity index (χ0n) is 18.2. The Kier molecular flexibility index (Phi) is 7.38. The van der Waals surface area contributed by atoms with Gasteiger partial charge in [0, 0.05) is 32.5 Å². The number of nitroso groups, excluding NO2 is 1. The van der Waals surface area contributed by atoms with Crippen molar-refractivity contribution in [2.45, 2.75) is 44.9 Å². The molecule has 2 aromatic rings. The van der Waals surface area contributed by atoms with Crippen LogP contribution in [0.5, 0.6) is 0 Å². The first-order valence-electron chi connectivity index (χ1n) is 10.7. The second-order valence-corrected chi connectivity index (χ2v) is 8.12. The van der Waals surface area contributed by atoms with Gasteiger partial charge in [-0.05, 0) is 41.6 Å². The van der Waals surface area contributed by atoms with Crippen molar-refractivity contribution < 1.29 is 0 Å². The van der Waals surface area contributed by atoms with Gasteiger partial charge in [0.25, 0.3) is 0 Å². The summed E-state index contributed by atoms with van der Waals surface area (Å²) in [6, 6.07) is 7.96. The van der Waals surface area contributed by atoms with Crippen molar-refractivity contribution in [3.63, 3.8) is 0 Å². The Balaban J connectivity index is 1.78. The van der Waals surface area contributed by atoms with Crippen LogP contribution in [0.25, 0.3) is 5.70 Å². The van der Waals surface area contributed by atoms with E-state index in [4.69, 9.17) is 0 Å². The molecule has 1 saturated carbocycles. The van der Waals surface area contributed by atoms with Gasteiger partial charge in [-0.1, -0.05) is 50.8 Å². The van der Waals surface area contributed by atoms with Gasteiger partial charge in [0.2, 0.25) is 5.95 Å². The summed E-state index contributed by atoms with van der Waals surface area (Å²) < 4.78 is 0. The van der Waals surface area contributed by atoms with Crippen LogP contribution in [0.4, 0.5) is 23.1 Å². The second kappa shape index (κ2) is 10.2. The first-order valence-corrected chi connectivity index (χ1v) is 10.7. The van der Waals surface area contributed by atoms with Crippen molar-refractivity contribution in [3.8, 4) is 0 Å². The summed E-state index contributed by atoms with van der Waals surface area (Å²) >= 11 is 0. The molecule has 0 saturated heterocycles. The molecule has 1 aromatic heterocycles. The van der Waals surface area contributed by atoms with Gasteiger partial charge in [-0.2, -0.15) is 4.98 Å². The van der Waals surface area contributed by atoms with Crippen LogP contribution >= 0.6 is 0 Å². The maximum absolute atomic E-state index is 11.5. The van der Waals surface area contributed by atoms with Gasteiger partial charge >= 0.3 is 0 Å². The molecule has 1 heterocycles. The van der Waals surface area contributed by atoms with E-state index in [0.717, 1.165) is 29.8 Å². The van der Waals surface area contributed by atoms with Crippen LogP contribution in [0.15, 0.2) is 36.0 Å². The molecular formula is C23H32N6O. The van der Waals surface area contributed by atoms with Crippen LogP contribution in [-0.4, -0.2) is 36.0 Å². The third-order valence-corrected chi connectivity index (χ3v) is 5.81. The van der Waals surface area contributed by atoms with Gasteiger partial charge in [0.05, 0.1) is 5.69 Å². The highest BCUT2D eigenvalue weighted by Crippen LogP contribution is 2.32. The van der Waals surface area contributed by atoms with E-state index < -0.39 is 0 Å². The molecule has 160 valence electrons. The van der Waals surface area contributed by atoms with Crippen LogP contribution in [0.1, 0.15) is 49.8 Å². The molecule has 0 unspecified atom stereocenters. The number of aryl methyl sites for hydroxylation is 1. The molecule has 0 amide bonds. The van der Waals surface area contributed by atoms with Gasteiger partial charge in [0.15, 0.2) is 11.5 Å². The summed E-state index contributed by atoms with van der Waals surface area (Å²) in [6.45, 7) is 4.08. The van der Waals surface area contributed by atoms with Crippen molar-refractivity contribution in [2.75, 3.05) is 31.8 Å². The van der Waals surface area contributed by atoms with E-state index in [1.54, 1.807) is 7.05 Å². The Hall–Kier alpha value is -2.96. The first kappa shape index (κ1) is 21.7. The number of anilines is 3. The first-order chi connectivity index (χ1) is 14.5. The second-order valence-electron chi connectivity index (χ2n) is 8.12. The minimum absolute atomic E-state index is 0.316. The molecular weight excluding hydrogens is 376 g/mol. The standard InChI is InChI=1S/C23H32N6O/c1-16(29(3)4)18-11-13-19(14-12-18)25-23-26-20(21(28-30)22(24-2)27-23)15-10-17-8-6-5-7-9-17/h11-14,17H,1,5-10,15H2,2-4H3,(H2,24,25,26,27). The molecule has 7 heteroatoms. The largest absolute Gasteiger partial charge is 0.378 e. The predicted octanol–water partition coefficient (Wildman–Crippen LogP) is 5.71. The monoisotopic (exact) mass is 408 g/mol. The third-order valence-electron chi connectivity index (χ3n) is 5.81. The van der Waals surface area contributed by atoms with Gasteiger partial charge < -0.3 is 15.5 Å². The zero-order valence-corrected chi connectivity index (χ0v) is 18.2. The quantitative estimate of drug-likeness (QED) is 0.518. The fourth-order valence-corrected chi connectivity index (χ4v) is 3.95. The molecule has 0 spiro atoms. The predicted molar refractivity (Wildman–Crippen MR) is 124 cm³/mol. The van der Waals surface area contributed by atoms with E-state index in [0.29, 0.717) is 29.1 Å². The van der Waals surface area contributed by atoms with Crippen molar-refractivity contribution in [1.82, 2.24) is 14.9 Å². The highest BCUT2D eigenvalue weighted by molar-refractivity contribution is 5.68. The fraction of sp³-hybridized carbons (Fsp3) is 0.478. The highest BCUT2D eigenvalue weighted by atomic mass is 16.3. The highest BCUT2D eigenvalue weighted by Gasteiger charge is 2.18. The van der Waals surface area contributed by atoms with E-state index in [-0.39, 0.29) is 0 Å². The molecule has 7 nitrogen and oxygen atoms in total. The molecule has 2 N–H and O–H groups in total. The Morgan fingerprint density at radius 2 is 1.87 bits per heavy atom. The van der Waals surface area contributed by atoms with Crippen molar-refractivity contribution in [3.05, 3.63) is 47.0 Å². The molecule has 0 aliphatic heterocycles. The van der Waals surface area contributed by atoms with Gasteiger partial charge in [-0.25, -0.2) is 4.98 Å². The Morgan fingerprint density at radius 1 is 1.17 bits per heavy atom. The van der Waals surface area contributed by atoms with Crippen LogP contribution in [-0.2, 0) is 6.42 Å². The van der Waals surface area contributed by atoms with Crippen LogP contribution in [0, 0.1) is 10.8 Å². The summed E-state index contributed by atoms with van der Waals surface area (Å²) in [4.78, 5) is 22.5. The topological polar surface area (TPSA) is 82.5 Å². The summed E-state index contributed by atoms with van der Waals surface area (Å²) in [7, 11) is 5.69. The number of nitrogens with zero attached hydrogens (tertiary/aromatic N) is 4. The average Bonchev–Trinajstić information content (AvgIpc) is 2.77. The molecule has 0 bridgehead atoms. The molecule has 1 aromatic carbocycles. The van der Waals surface area contributed by atoms with Crippen LogP contribution in [0.3, 0.4) is 0 Å². The number of benzene rings is 1. The van der Waals surface area contributed by atoms with E-state index >= 15 is 0 Å². The van der Waals surface area contributed by atoms with Gasteiger partial charge in [-0.15, -0.1) is 4.91 Å². The number of hydrogen-bond acceptors (Lipinski definition) is 7. The smallest absolute Gasteiger partial charge is 0.229 e. The van der Waals surface area contributed by atoms with E-state index in [1.807, 2.05) is 43.3 Å². The summed E-state index contributed by atoms with van der Waals surface area (Å²) in [5.41, 5.74) is 3.89. The van der Waals surface area contributed by atoms with Crippen molar-refractivity contribution in [1.29, 1.82) is 0 Å². The van der Waals surface area contributed by atoms with Crippen molar-refractivity contribution >= 4 is 28.8 Å². The lowest BCUT2D eigenvalue weighted by Gasteiger charge is -2.21. The van der Waals surface area contributed by atoms with Crippen LogP contribution < -0.4 is 10.6 Å². The fourth-order valence-electron chi connectivity index (χ4n) is 3.95. The lowest BCUT2D eigenvalue weighted by atomic mass is 9.85. The molecule has 30 heavy (non-hydrogen) atoms. The Labute approximate surface area is 179 Å². The van der Waals surface area contributed by atoms with Gasteiger partial charge in [-0.3, -0.25) is 0 Å². The number of nitrogens with one attached hydrogen (secondary N) is 2. The maximum atomic E-state index is 11.5. The lowest BCUT2D eigenvalue weighted by Crippen LogP contribution is -2.10. The van der Waals surface area contributed by atoms with E-state index in [2.05, 4.69) is 32.4 Å². The SMILES string of the molecule is C=C(c1ccc(Nc2nc(CCC3CCCCC3)c(N=O)c(NC)n2)cc1)N(C)C. The van der Waals surface area contributed by atoms with Crippen LogP contribution in [0.2, 0.25) is 0 Å². The third kappa shape index (κ3) is 5.34. The molecule has 1 aliphatic rings. The molecule has 3 rings (SSSR count). The van der Waals surface area contributed by atoms with E-state index in [9.17, 15) is 4.91 Å². The summed E-state index contributed by atoms with van der Waals surface area (Å²) in [5.74, 6) is 1.63.